The molecule has 1 aliphatic heterocycles. The zero-order valence-electron chi connectivity index (χ0n) is 13.1. The molecule has 116 valence electrons. The van der Waals surface area contributed by atoms with E-state index in [1.165, 1.54) is 0 Å². The van der Waals surface area contributed by atoms with Crippen molar-refractivity contribution >= 4 is 5.95 Å². The minimum Gasteiger partial charge on any atom is -0.496 e. The van der Waals surface area contributed by atoms with Crippen molar-refractivity contribution in [3.05, 3.63) is 36.0 Å². The minimum atomic E-state index is 0.301. The topological polar surface area (TPSA) is 64.3 Å². The maximum absolute atomic E-state index is 5.98. The lowest BCUT2D eigenvalue weighted by atomic mass is 10.1. The molecule has 5 nitrogen and oxygen atoms in total. The number of aryl methyl sites for hydroxylation is 1. The van der Waals surface area contributed by atoms with Crippen molar-refractivity contribution in [2.24, 2.45) is 5.73 Å². The monoisotopic (exact) mass is 298 g/mol. The number of nitrogens with two attached hydrogens (primary N) is 1. The highest BCUT2D eigenvalue weighted by Gasteiger charge is 2.19. The maximum atomic E-state index is 5.98. The number of hydrogen-bond acceptors (Lipinski definition) is 5. The average Bonchev–Trinajstić information content (AvgIpc) is 2.55. The molecule has 0 spiro atoms. The van der Waals surface area contributed by atoms with E-state index in [2.05, 4.69) is 9.88 Å². The van der Waals surface area contributed by atoms with Crippen LogP contribution in [0, 0.1) is 6.92 Å². The minimum absolute atomic E-state index is 0.301. The van der Waals surface area contributed by atoms with E-state index in [9.17, 15) is 0 Å². The van der Waals surface area contributed by atoms with Crippen LogP contribution in [0.4, 0.5) is 5.95 Å². The van der Waals surface area contributed by atoms with Gasteiger partial charge in [0.2, 0.25) is 5.95 Å². The van der Waals surface area contributed by atoms with Crippen LogP contribution in [0.15, 0.2) is 30.3 Å². The van der Waals surface area contributed by atoms with Crippen LogP contribution >= 0.6 is 0 Å². The van der Waals surface area contributed by atoms with Crippen LogP contribution in [0.5, 0.6) is 5.75 Å². The van der Waals surface area contributed by atoms with Crippen molar-refractivity contribution in [2.45, 2.75) is 25.8 Å². The third-order valence-electron chi connectivity index (χ3n) is 4.05. The van der Waals surface area contributed by atoms with Crippen LogP contribution in [-0.4, -0.2) is 36.2 Å². The quantitative estimate of drug-likeness (QED) is 0.942. The van der Waals surface area contributed by atoms with Crippen LogP contribution in [0.2, 0.25) is 0 Å². The van der Waals surface area contributed by atoms with Gasteiger partial charge in [0.15, 0.2) is 0 Å². The van der Waals surface area contributed by atoms with E-state index in [4.69, 9.17) is 15.5 Å². The Kier molecular flexibility index (Phi) is 4.24. The number of aromatic nitrogens is 2. The van der Waals surface area contributed by atoms with Gasteiger partial charge in [-0.05, 0) is 38.0 Å². The second kappa shape index (κ2) is 6.32. The van der Waals surface area contributed by atoms with Crippen molar-refractivity contribution in [3.8, 4) is 17.0 Å². The Hall–Kier alpha value is -2.14. The Morgan fingerprint density at radius 2 is 1.91 bits per heavy atom. The second-order valence-electron chi connectivity index (χ2n) is 5.72. The summed E-state index contributed by atoms with van der Waals surface area (Å²) in [4.78, 5) is 11.6. The number of ether oxygens (including phenoxy) is 1. The summed E-state index contributed by atoms with van der Waals surface area (Å²) in [6.07, 6.45) is 1.97. The number of nitrogens with zero attached hydrogens (tertiary/aromatic N) is 3. The molecule has 1 aromatic carbocycles. The first kappa shape index (κ1) is 14.8. The van der Waals surface area contributed by atoms with E-state index < -0.39 is 0 Å². The van der Waals surface area contributed by atoms with Gasteiger partial charge in [-0.15, -0.1) is 0 Å². The molecule has 2 heterocycles. The van der Waals surface area contributed by atoms with Gasteiger partial charge in [0.05, 0.1) is 12.8 Å². The standard InChI is InChI=1S/C17H22N4O/c1-12-11-15(14-5-3-4-6-16(14)22-2)20-17(19-12)21-9-7-13(18)8-10-21/h3-6,11,13H,7-10,18H2,1-2H3. The molecule has 1 fully saturated rings. The highest BCUT2D eigenvalue weighted by molar-refractivity contribution is 5.68. The summed E-state index contributed by atoms with van der Waals surface area (Å²) < 4.78 is 5.45. The molecule has 22 heavy (non-hydrogen) atoms. The van der Waals surface area contributed by atoms with Gasteiger partial charge in [0.25, 0.3) is 0 Å². The molecule has 0 aliphatic carbocycles. The van der Waals surface area contributed by atoms with Gasteiger partial charge in [0, 0.05) is 30.4 Å². The van der Waals surface area contributed by atoms with Gasteiger partial charge < -0.3 is 15.4 Å². The van der Waals surface area contributed by atoms with Gasteiger partial charge in [-0.1, -0.05) is 12.1 Å². The number of hydrogen-bond donors (Lipinski definition) is 1. The number of para-hydroxylation sites is 1. The van der Waals surface area contributed by atoms with Crippen LogP contribution in [-0.2, 0) is 0 Å². The van der Waals surface area contributed by atoms with Crippen LogP contribution in [0.3, 0.4) is 0 Å². The SMILES string of the molecule is COc1ccccc1-c1cc(C)nc(N2CCC(N)CC2)n1. The first-order valence-electron chi connectivity index (χ1n) is 7.67. The van der Waals surface area contributed by atoms with Crippen LogP contribution in [0.25, 0.3) is 11.3 Å². The van der Waals surface area contributed by atoms with E-state index in [-0.39, 0.29) is 0 Å². The van der Waals surface area contributed by atoms with Gasteiger partial charge in [-0.3, -0.25) is 0 Å². The first-order valence-corrected chi connectivity index (χ1v) is 7.67. The highest BCUT2D eigenvalue weighted by Crippen LogP contribution is 2.29. The predicted octanol–water partition coefficient (Wildman–Crippen LogP) is 2.39. The smallest absolute Gasteiger partial charge is 0.226 e. The predicted molar refractivity (Wildman–Crippen MR) is 88.2 cm³/mol. The molecule has 0 amide bonds. The van der Waals surface area contributed by atoms with Gasteiger partial charge in [-0.2, -0.15) is 0 Å². The van der Waals surface area contributed by atoms with Crippen molar-refractivity contribution < 1.29 is 4.74 Å². The number of rotatable bonds is 3. The molecule has 1 aromatic heterocycles. The fourth-order valence-corrected chi connectivity index (χ4v) is 2.79. The third-order valence-corrected chi connectivity index (χ3v) is 4.05. The summed E-state index contributed by atoms with van der Waals surface area (Å²) in [5.41, 5.74) is 8.83. The van der Waals surface area contributed by atoms with E-state index in [0.717, 1.165) is 54.6 Å². The van der Waals surface area contributed by atoms with Gasteiger partial charge in [-0.25, -0.2) is 9.97 Å². The molecule has 5 heteroatoms. The molecule has 2 aromatic rings. The zero-order chi connectivity index (χ0) is 15.5. The fourth-order valence-electron chi connectivity index (χ4n) is 2.79. The molecule has 0 saturated carbocycles. The average molecular weight is 298 g/mol. The molecule has 0 radical (unpaired) electrons. The molecule has 1 aliphatic rings. The van der Waals surface area contributed by atoms with Crippen molar-refractivity contribution in [1.82, 2.24) is 9.97 Å². The number of benzene rings is 1. The molecule has 0 unspecified atom stereocenters. The molecule has 0 atom stereocenters. The Morgan fingerprint density at radius 1 is 1.18 bits per heavy atom. The van der Waals surface area contributed by atoms with E-state index >= 15 is 0 Å². The van der Waals surface area contributed by atoms with Crippen LogP contribution < -0.4 is 15.4 Å². The Labute approximate surface area is 131 Å². The molecule has 0 bridgehead atoms. The van der Waals surface area contributed by atoms with Gasteiger partial charge >= 0.3 is 0 Å². The summed E-state index contributed by atoms with van der Waals surface area (Å²) in [6.45, 7) is 3.83. The normalized spacial score (nSPS) is 15.9. The van der Waals surface area contributed by atoms with E-state index in [1.54, 1.807) is 7.11 Å². The first-order chi connectivity index (χ1) is 10.7. The Bertz CT molecular complexity index is 651. The lowest BCUT2D eigenvalue weighted by Gasteiger charge is -2.30. The van der Waals surface area contributed by atoms with Crippen molar-refractivity contribution in [2.75, 3.05) is 25.1 Å². The lowest BCUT2D eigenvalue weighted by molar-refractivity contribution is 0.416. The zero-order valence-corrected chi connectivity index (χ0v) is 13.1. The lowest BCUT2D eigenvalue weighted by Crippen LogP contribution is -2.40. The van der Waals surface area contributed by atoms with Crippen molar-refractivity contribution in [3.63, 3.8) is 0 Å². The molecular weight excluding hydrogens is 276 g/mol. The summed E-state index contributed by atoms with van der Waals surface area (Å²) in [7, 11) is 1.68. The summed E-state index contributed by atoms with van der Waals surface area (Å²) in [5, 5.41) is 0. The maximum Gasteiger partial charge on any atom is 0.226 e. The highest BCUT2D eigenvalue weighted by atomic mass is 16.5. The van der Waals surface area contributed by atoms with Gasteiger partial charge in [0.1, 0.15) is 5.75 Å². The molecule has 1 saturated heterocycles. The summed E-state index contributed by atoms with van der Waals surface area (Å²) >= 11 is 0. The van der Waals surface area contributed by atoms with Crippen molar-refractivity contribution in [1.29, 1.82) is 0 Å². The third kappa shape index (κ3) is 3.04. The number of piperidine rings is 1. The largest absolute Gasteiger partial charge is 0.496 e. The number of anilines is 1. The fraction of sp³-hybridized carbons (Fsp3) is 0.412. The Morgan fingerprint density at radius 3 is 2.64 bits per heavy atom. The van der Waals surface area contributed by atoms with E-state index in [0.29, 0.717) is 6.04 Å². The molecule has 3 rings (SSSR count). The second-order valence-corrected chi connectivity index (χ2v) is 5.72. The van der Waals surface area contributed by atoms with E-state index in [1.807, 2.05) is 37.3 Å². The molecule has 2 N–H and O–H groups in total. The summed E-state index contributed by atoms with van der Waals surface area (Å²) in [5.74, 6) is 1.61. The number of methoxy groups -OCH3 is 1. The molecular formula is C17H22N4O. The summed E-state index contributed by atoms with van der Waals surface area (Å²) in [6, 6.07) is 10.2. The van der Waals surface area contributed by atoms with Crippen LogP contribution in [0.1, 0.15) is 18.5 Å². The Balaban J connectivity index is 1.96.